The molecule has 21 heavy (non-hydrogen) atoms. The van der Waals surface area contributed by atoms with E-state index in [0.717, 1.165) is 18.4 Å². The van der Waals surface area contributed by atoms with Crippen LogP contribution in [0.2, 0.25) is 0 Å². The van der Waals surface area contributed by atoms with Crippen LogP contribution in [0.25, 0.3) is 0 Å². The SMILES string of the molecule is CCC(C)CC(NC)c1ccc2c(c1)NC(=O)CC(=O)N2. The summed E-state index contributed by atoms with van der Waals surface area (Å²) in [6, 6.07) is 6.04. The Morgan fingerprint density at radius 1 is 1.19 bits per heavy atom. The number of hydrogen-bond acceptors (Lipinski definition) is 3. The number of carbonyl (C=O) groups is 2. The largest absolute Gasteiger partial charge is 0.324 e. The quantitative estimate of drug-likeness (QED) is 0.730. The fourth-order valence-corrected chi connectivity index (χ4v) is 2.52. The van der Waals surface area contributed by atoms with Gasteiger partial charge in [0.05, 0.1) is 11.4 Å². The van der Waals surface area contributed by atoms with Gasteiger partial charge in [0.25, 0.3) is 0 Å². The Kier molecular flexibility index (Phi) is 4.96. The zero-order valence-corrected chi connectivity index (χ0v) is 12.8. The summed E-state index contributed by atoms with van der Waals surface area (Å²) >= 11 is 0. The van der Waals surface area contributed by atoms with Crippen molar-refractivity contribution in [2.75, 3.05) is 17.7 Å². The molecule has 2 amide bonds. The maximum absolute atomic E-state index is 11.6. The van der Waals surface area contributed by atoms with Gasteiger partial charge < -0.3 is 16.0 Å². The molecule has 0 saturated carbocycles. The third kappa shape index (κ3) is 3.82. The van der Waals surface area contributed by atoms with E-state index < -0.39 is 0 Å². The molecule has 114 valence electrons. The second kappa shape index (κ2) is 6.72. The van der Waals surface area contributed by atoms with Crippen LogP contribution in [0, 0.1) is 5.92 Å². The monoisotopic (exact) mass is 289 g/mol. The molecule has 5 nitrogen and oxygen atoms in total. The van der Waals surface area contributed by atoms with E-state index in [-0.39, 0.29) is 24.3 Å². The topological polar surface area (TPSA) is 70.2 Å². The van der Waals surface area contributed by atoms with Crippen molar-refractivity contribution in [1.82, 2.24) is 5.32 Å². The fourth-order valence-electron chi connectivity index (χ4n) is 2.52. The van der Waals surface area contributed by atoms with Crippen molar-refractivity contribution in [2.24, 2.45) is 5.92 Å². The summed E-state index contributed by atoms with van der Waals surface area (Å²) < 4.78 is 0. The van der Waals surface area contributed by atoms with E-state index in [1.54, 1.807) is 0 Å². The van der Waals surface area contributed by atoms with Crippen molar-refractivity contribution in [3.8, 4) is 0 Å². The lowest BCUT2D eigenvalue weighted by atomic mass is 9.94. The van der Waals surface area contributed by atoms with E-state index in [2.05, 4.69) is 29.8 Å². The second-order valence-electron chi connectivity index (χ2n) is 5.67. The first kappa shape index (κ1) is 15.5. The van der Waals surface area contributed by atoms with Crippen LogP contribution in [0.4, 0.5) is 11.4 Å². The van der Waals surface area contributed by atoms with Gasteiger partial charge in [0, 0.05) is 6.04 Å². The van der Waals surface area contributed by atoms with Crippen molar-refractivity contribution < 1.29 is 9.59 Å². The Hall–Kier alpha value is -1.88. The van der Waals surface area contributed by atoms with Crippen molar-refractivity contribution >= 4 is 23.2 Å². The number of hydrogen-bond donors (Lipinski definition) is 3. The molecule has 1 heterocycles. The third-order valence-corrected chi connectivity index (χ3v) is 4.00. The summed E-state index contributed by atoms with van der Waals surface area (Å²) in [5, 5.41) is 8.86. The van der Waals surface area contributed by atoms with E-state index in [1.807, 2.05) is 25.2 Å². The first-order chi connectivity index (χ1) is 10.0. The predicted molar refractivity (Wildman–Crippen MR) is 84.2 cm³/mol. The summed E-state index contributed by atoms with van der Waals surface area (Å²) in [6.07, 6.45) is 2.04. The molecule has 0 spiro atoms. The van der Waals surface area contributed by atoms with Crippen LogP contribution < -0.4 is 16.0 Å². The lowest BCUT2D eigenvalue weighted by Crippen LogP contribution is -2.19. The number of amides is 2. The predicted octanol–water partition coefficient (Wildman–Crippen LogP) is 2.66. The van der Waals surface area contributed by atoms with Crippen molar-refractivity contribution in [3.63, 3.8) is 0 Å². The minimum Gasteiger partial charge on any atom is -0.324 e. The molecule has 2 unspecified atom stereocenters. The number of rotatable bonds is 5. The van der Waals surface area contributed by atoms with Gasteiger partial charge in [0.1, 0.15) is 6.42 Å². The molecular formula is C16H23N3O2. The molecule has 0 aromatic heterocycles. The molecule has 0 aliphatic carbocycles. The number of nitrogens with one attached hydrogen (secondary N) is 3. The van der Waals surface area contributed by atoms with Crippen LogP contribution in [0.15, 0.2) is 18.2 Å². The molecule has 1 aromatic carbocycles. The highest BCUT2D eigenvalue weighted by atomic mass is 16.2. The van der Waals surface area contributed by atoms with Crippen LogP contribution in [0.3, 0.4) is 0 Å². The Morgan fingerprint density at radius 3 is 2.48 bits per heavy atom. The van der Waals surface area contributed by atoms with Gasteiger partial charge in [-0.3, -0.25) is 9.59 Å². The van der Waals surface area contributed by atoms with E-state index in [1.165, 1.54) is 0 Å². The van der Waals surface area contributed by atoms with Gasteiger partial charge >= 0.3 is 0 Å². The molecular weight excluding hydrogens is 266 g/mol. The van der Waals surface area contributed by atoms with Crippen molar-refractivity contribution in [3.05, 3.63) is 23.8 Å². The number of benzene rings is 1. The molecule has 1 aliphatic rings. The molecule has 0 fully saturated rings. The molecule has 0 bridgehead atoms. The fraction of sp³-hybridized carbons (Fsp3) is 0.500. The van der Waals surface area contributed by atoms with Gasteiger partial charge in [-0.05, 0) is 37.1 Å². The maximum Gasteiger partial charge on any atom is 0.233 e. The zero-order valence-electron chi connectivity index (χ0n) is 12.8. The molecule has 5 heteroatoms. The first-order valence-corrected chi connectivity index (χ1v) is 7.44. The lowest BCUT2D eigenvalue weighted by Gasteiger charge is -2.21. The zero-order chi connectivity index (χ0) is 15.4. The van der Waals surface area contributed by atoms with Crippen LogP contribution in [0.5, 0.6) is 0 Å². The standard InChI is InChI=1S/C16H23N3O2/c1-4-10(2)7-13(17-3)11-5-6-12-14(8-11)19-16(21)9-15(20)18-12/h5-6,8,10,13,17H,4,7,9H2,1-3H3,(H,18,20)(H,19,21). The minimum absolute atomic E-state index is 0.133. The van der Waals surface area contributed by atoms with E-state index in [9.17, 15) is 9.59 Å². The Balaban J connectivity index is 2.26. The van der Waals surface area contributed by atoms with Gasteiger partial charge in [-0.1, -0.05) is 26.3 Å². The number of anilines is 2. The summed E-state index contributed by atoms with van der Waals surface area (Å²) in [4.78, 5) is 23.2. The summed E-state index contributed by atoms with van der Waals surface area (Å²) in [5.74, 6) is 0.0747. The second-order valence-corrected chi connectivity index (χ2v) is 5.67. The van der Waals surface area contributed by atoms with Crippen LogP contribution in [0.1, 0.15) is 44.7 Å². The molecule has 1 aliphatic heterocycles. The Labute approximate surface area is 125 Å². The average Bonchev–Trinajstić information content (AvgIpc) is 2.59. The lowest BCUT2D eigenvalue weighted by molar-refractivity contribution is -0.123. The third-order valence-electron chi connectivity index (χ3n) is 4.00. The summed E-state index contributed by atoms with van der Waals surface area (Å²) in [6.45, 7) is 4.42. The van der Waals surface area contributed by atoms with Crippen LogP contribution in [-0.4, -0.2) is 18.9 Å². The van der Waals surface area contributed by atoms with Crippen molar-refractivity contribution in [1.29, 1.82) is 0 Å². The first-order valence-electron chi connectivity index (χ1n) is 7.44. The van der Waals surface area contributed by atoms with Gasteiger partial charge in [-0.25, -0.2) is 0 Å². The highest BCUT2D eigenvalue weighted by molar-refractivity contribution is 6.13. The molecule has 1 aromatic rings. The molecule has 3 N–H and O–H groups in total. The minimum atomic E-state index is -0.274. The molecule has 0 radical (unpaired) electrons. The maximum atomic E-state index is 11.6. The highest BCUT2D eigenvalue weighted by Gasteiger charge is 2.20. The smallest absolute Gasteiger partial charge is 0.233 e. The Morgan fingerprint density at radius 2 is 1.86 bits per heavy atom. The van der Waals surface area contributed by atoms with Gasteiger partial charge in [0.15, 0.2) is 0 Å². The van der Waals surface area contributed by atoms with Gasteiger partial charge in [0.2, 0.25) is 11.8 Å². The van der Waals surface area contributed by atoms with E-state index >= 15 is 0 Å². The average molecular weight is 289 g/mol. The Bertz CT molecular complexity index is 542. The van der Waals surface area contributed by atoms with Crippen LogP contribution >= 0.6 is 0 Å². The number of fused-ring (bicyclic) bond motifs is 1. The molecule has 2 atom stereocenters. The normalized spacial score (nSPS) is 17.3. The van der Waals surface area contributed by atoms with E-state index in [4.69, 9.17) is 0 Å². The summed E-state index contributed by atoms with van der Waals surface area (Å²) in [5.41, 5.74) is 2.45. The molecule has 0 saturated heterocycles. The van der Waals surface area contributed by atoms with Gasteiger partial charge in [-0.2, -0.15) is 0 Å². The van der Waals surface area contributed by atoms with Gasteiger partial charge in [-0.15, -0.1) is 0 Å². The van der Waals surface area contributed by atoms with Crippen molar-refractivity contribution in [2.45, 2.75) is 39.2 Å². The molecule has 2 rings (SSSR count). The highest BCUT2D eigenvalue weighted by Crippen LogP contribution is 2.30. The van der Waals surface area contributed by atoms with Crippen LogP contribution in [-0.2, 0) is 9.59 Å². The summed E-state index contributed by atoms with van der Waals surface area (Å²) in [7, 11) is 1.94. The number of carbonyl (C=O) groups excluding carboxylic acids is 2. The van der Waals surface area contributed by atoms with E-state index in [0.29, 0.717) is 17.3 Å².